The number of aliphatic hydroxyl groups excluding tert-OH is 2. The zero-order valence-corrected chi connectivity index (χ0v) is 29.1. The van der Waals surface area contributed by atoms with Crippen molar-refractivity contribution in [3.8, 4) is 0 Å². The molecule has 0 amide bonds. The molecule has 266 valence electrons. The van der Waals surface area contributed by atoms with Crippen molar-refractivity contribution in [2.75, 3.05) is 26.4 Å². The number of rotatable bonds is 34. The van der Waals surface area contributed by atoms with E-state index in [9.17, 15) is 24.2 Å². The Bertz CT molecular complexity index is 763. The third kappa shape index (κ3) is 31.1. The maximum absolute atomic E-state index is 12.4. The highest BCUT2D eigenvalue weighted by Gasteiger charge is 2.27. The topological polar surface area (TPSA) is 149 Å². The molecule has 0 fully saturated rings. The highest BCUT2D eigenvalue weighted by atomic mass is 31.2. The molecule has 0 aromatic rings. The number of ether oxygens (including phenoxy) is 2. The van der Waals surface area contributed by atoms with E-state index in [1.165, 1.54) is 77.0 Å². The van der Waals surface area contributed by atoms with Crippen molar-refractivity contribution >= 4 is 19.8 Å². The van der Waals surface area contributed by atoms with Crippen molar-refractivity contribution in [3.05, 3.63) is 12.7 Å². The molecular formula is C34H65O10P. The van der Waals surface area contributed by atoms with E-state index >= 15 is 0 Å². The first-order chi connectivity index (χ1) is 21.7. The molecular weight excluding hydrogens is 599 g/mol. The van der Waals surface area contributed by atoms with E-state index in [1.807, 2.05) is 6.08 Å². The first kappa shape index (κ1) is 43.7. The number of allylic oxidation sites excluding steroid dienone is 1. The van der Waals surface area contributed by atoms with E-state index in [-0.39, 0.29) is 19.4 Å². The van der Waals surface area contributed by atoms with Crippen molar-refractivity contribution in [2.45, 2.75) is 167 Å². The van der Waals surface area contributed by atoms with Gasteiger partial charge in [0.2, 0.25) is 0 Å². The molecule has 0 saturated carbocycles. The van der Waals surface area contributed by atoms with Crippen LogP contribution in [0.5, 0.6) is 0 Å². The summed E-state index contributed by atoms with van der Waals surface area (Å²) in [5.41, 5.74) is 0. The number of carbonyl (C=O) groups excluding carboxylic acids is 2. The van der Waals surface area contributed by atoms with E-state index in [1.54, 1.807) is 0 Å². The minimum Gasteiger partial charge on any atom is -0.462 e. The van der Waals surface area contributed by atoms with Gasteiger partial charge in [-0.05, 0) is 25.7 Å². The van der Waals surface area contributed by atoms with Gasteiger partial charge >= 0.3 is 19.8 Å². The zero-order chi connectivity index (χ0) is 33.4. The van der Waals surface area contributed by atoms with E-state index in [0.29, 0.717) is 12.8 Å². The lowest BCUT2D eigenvalue weighted by atomic mass is 10.0. The van der Waals surface area contributed by atoms with Gasteiger partial charge in [0.15, 0.2) is 6.10 Å². The summed E-state index contributed by atoms with van der Waals surface area (Å²) in [5, 5.41) is 18.2. The van der Waals surface area contributed by atoms with Crippen molar-refractivity contribution in [3.63, 3.8) is 0 Å². The Kier molecular flexibility index (Phi) is 30.4. The quantitative estimate of drug-likeness (QED) is 0.0267. The lowest BCUT2D eigenvalue weighted by Gasteiger charge is -2.20. The smallest absolute Gasteiger partial charge is 0.462 e. The number of phosphoric acid groups is 1. The van der Waals surface area contributed by atoms with Gasteiger partial charge in [-0.25, -0.2) is 4.57 Å². The van der Waals surface area contributed by atoms with E-state index in [4.69, 9.17) is 19.1 Å². The van der Waals surface area contributed by atoms with Gasteiger partial charge in [-0.15, -0.1) is 6.58 Å². The van der Waals surface area contributed by atoms with Crippen LogP contribution in [0.2, 0.25) is 0 Å². The van der Waals surface area contributed by atoms with Crippen LogP contribution in [0, 0.1) is 0 Å². The average molecular weight is 665 g/mol. The summed E-state index contributed by atoms with van der Waals surface area (Å²) in [7, 11) is -4.60. The van der Waals surface area contributed by atoms with Crippen LogP contribution in [-0.2, 0) is 32.7 Å². The molecule has 11 heteroatoms. The number of hydrogen-bond acceptors (Lipinski definition) is 9. The first-order valence-electron chi connectivity index (χ1n) is 17.6. The molecule has 0 aromatic carbocycles. The van der Waals surface area contributed by atoms with Gasteiger partial charge in [0.25, 0.3) is 0 Å². The van der Waals surface area contributed by atoms with Crippen LogP contribution in [0.4, 0.5) is 0 Å². The molecule has 3 atom stereocenters. The Morgan fingerprint density at radius 1 is 0.689 bits per heavy atom. The predicted octanol–water partition coefficient (Wildman–Crippen LogP) is 8.11. The van der Waals surface area contributed by atoms with Crippen LogP contribution in [0.3, 0.4) is 0 Å². The Morgan fingerprint density at radius 3 is 1.62 bits per heavy atom. The summed E-state index contributed by atoms with van der Waals surface area (Å²) < 4.78 is 32.4. The minimum atomic E-state index is -4.60. The van der Waals surface area contributed by atoms with Crippen LogP contribution in [0.25, 0.3) is 0 Å². The monoisotopic (exact) mass is 664 g/mol. The molecule has 0 bridgehead atoms. The van der Waals surface area contributed by atoms with Crippen molar-refractivity contribution in [1.29, 1.82) is 0 Å². The molecule has 0 rings (SSSR count). The van der Waals surface area contributed by atoms with Crippen LogP contribution in [-0.4, -0.2) is 65.7 Å². The SMILES string of the molecule is C=CCCCCCCCCCCCCCCCC(=O)OC[C@@H](COP(=O)(O)OC[C@H](O)CO)OC(=O)CCCCCCCCC. The largest absolute Gasteiger partial charge is 0.472 e. The summed E-state index contributed by atoms with van der Waals surface area (Å²) in [6, 6.07) is 0. The molecule has 0 radical (unpaired) electrons. The van der Waals surface area contributed by atoms with Crippen molar-refractivity contribution in [1.82, 2.24) is 0 Å². The maximum atomic E-state index is 12.4. The molecule has 0 aliphatic carbocycles. The van der Waals surface area contributed by atoms with Gasteiger partial charge in [-0.3, -0.25) is 18.6 Å². The molecule has 0 saturated heterocycles. The van der Waals surface area contributed by atoms with Gasteiger partial charge in [-0.1, -0.05) is 122 Å². The van der Waals surface area contributed by atoms with Gasteiger partial charge in [-0.2, -0.15) is 0 Å². The molecule has 45 heavy (non-hydrogen) atoms. The Hall–Kier alpha value is -1.29. The number of esters is 2. The van der Waals surface area contributed by atoms with Gasteiger partial charge in [0.1, 0.15) is 12.7 Å². The zero-order valence-electron chi connectivity index (χ0n) is 28.2. The van der Waals surface area contributed by atoms with Gasteiger partial charge < -0.3 is 24.6 Å². The normalized spacial score (nSPS) is 14.0. The fourth-order valence-electron chi connectivity index (χ4n) is 4.80. The fourth-order valence-corrected chi connectivity index (χ4v) is 5.59. The molecule has 0 aliphatic heterocycles. The van der Waals surface area contributed by atoms with E-state index < -0.39 is 51.8 Å². The second kappa shape index (κ2) is 31.3. The predicted molar refractivity (Wildman–Crippen MR) is 178 cm³/mol. The van der Waals surface area contributed by atoms with Crippen LogP contribution < -0.4 is 0 Å². The Morgan fingerprint density at radius 2 is 1.13 bits per heavy atom. The lowest BCUT2D eigenvalue weighted by molar-refractivity contribution is -0.161. The second-order valence-corrected chi connectivity index (χ2v) is 13.4. The van der Waals surface area contributed by atoms with Crippen LogP contribution in [0.1, 0.15) is 155 Å². The number of hydrogen-bond donors (Lipinski definition) is 3. The average Bonchev–Trinajstić information content (AvgIpc) is 3.02. The number of unbranched alkanes of at least 4 members (excludes halogenated alkanes) is 19. The highest BCUT2D eigenvalue weighted by Crippen LogP contribution is 2.43. The van der Waals surface area contributed by atoms with Gasteiger partial charge in [0, 0.05) is 12.8 Å². The standard InChI is InChI=1S/C34H65O10P/c1-3-5-7-9-11-12-13-14-15-16-17-18-20-21-23-25-33(37)41-29-32(30-43-45(39,40)42-28-31(36)27-35)44-34(38)26-24-22-19-10-8-6-4-2/h3,31-32,35-36H,1,4-30H2,2H3,(H,39,40)/t31-,32+/m1/s1. The summed E-state index contributed by atoms with van der Waals surface area (Å²) >= 11 is 0. The Labute approximate surface area is 273 Å². The molecule has 0 spiro atoms. The summed E-state index contributed by atoms with van der Waals surface area (Å²) in [5.74, 6) is -0.932. The number of aliphatic hydroxyl groups is 2. The molecule has 0 heterocycles. The van der Waals surface area contributed by atoms with E-state index in [0.717, 1.165) is 44.9 Å². The highest BCUT2D eigenvalue weighted by molar-refractivity contribution is 7.47. The van der Waals surface area contributed by atoms with Crippen molar-refractivity contribution < 1.29 is 47.8 Å². The minimum absolute atomic E-state index is 0.185. The van der Waals surface area contributed by atoms with Gasteiger partial charge in [0.05, 0.1) is 19.8 Å². The third-order valence-electron chi connectivity index (χ3n) is 7.57. The molecule has 10 nitrogen and oxygen atoms in total. The molecule has 0 aliphatic rings. The summed E-state index contributed by atoms with van der Waals surface area (Å²) in [6.07, 6.45) is 23.9. The van der Waals surface area contributed by atoms with E-state index in [2.05, 4.69) is 18.0 Å². The Balaban J connectivity index is 4.27. The first-order valence-corrected chi connectivity index (χ1v) is 19.1. The number of carbonyl (C=O) groups is 2. The second-order valence-electron chi connectivity index (χ2n) is 12.0. The molecule has 1 unspecified atom stereocenters. The van der Waals surface area contributed by atoms with Crippen LogP contribution >= 0.6 is 7.82 Å². The summed E-state index contributed by atoms with van der Waals surface area (Å²) in [4.78, 5) is 34.6. The summed E-state index contributed by atoms with van der Waals surface area (Å²) in [6.45, 7) is 3.82. The number of phosphoric ester groups is 1. The van der Waals surface area contributed by atoms with Crippen LogP contribution in [0.15, 0.2) is 12.7 Å². The lowest BCUT2D eigenvalue weighted by Crippen LogP contribution is -2.29. The van der Waals surface area contributed by atoms with Crippen molar-refractivity contribution in [2.24, 2.45) is 0 Å². The third-order valence-corrected chi connectivity index (χ3v) is 8.52. The molecule has 3 N–H and O–H groups in total. The maximum Gasteiger partial charge on any atom is 0.472 e. The fraction of sp³-hybridized carbons (Fsp3) is 0.882. The molecule has 0 aromatic heterocycles.